The number of aromatic nitrogens is 2. The highest BCUT2D eigenvalue weighted by Gasteiger charge is 2.31. The highest BCUT2D eigenvalue weighted by Crippen LogP contribution is 2.38. The van der Waals surface area contributed by atoms with E-state index in [1.807, 2.05) is 24.3 Å². The molecule has 34 heavy (non-hydrogen) atoms. The summed E-state index contributed by atoms with van der Waals surface area (Å²) in [7, 11) is 0. The topological polar surface area (TPSA) is 75.2 Å². The zero-order valence-electron chi connectivity index (χ0n) is 20.5. The minimum Gasteiger partial charge on any atom is -0.481 e. The fourth-order valence-electron chi connectivity index (χ4n) is 4.43. The van der Waals surface area contributed by atoms with Crippen molar-refractivity contribution >= 4 is 17.0 Å². The third-order valence-corrected chi connectivity index (χ3v) is 6.43. The summed E-state index contributed by atoms with van der Waals surface area (Å²) in [6.07, 6.45) is 1.67. The maximum atomic E-state index is 11.9. The zero-order chi connectivity index (χ0) is 24.5. The first kappa shape index (κ1) is 23.7. The Morgan fingerprint density at radius 3 is 2.41 bits per heavy atom. The van der Waals surface area contributed by atoms with Gasteiger partial charge in [-0.15, -0.1) is 0 Å². The van der Waals surface area contributed by atoms with Gasteiger partial charge in [-0.2, -0.15) is 0 Å². The maximum absolute atomic E-state index is 11.9. The Morgan fingerprint density at radius 1 is 1.09 bits per heavy atom. The van der Waals surface area contributed by atoms with Crippen LogP contribution in [-0.4, -0.2) is 27.7 Å². The van der Waals surface area contributed by atoms with Crippen molar-refractivity contribution in [2.24, 2.45) is 0 Å². The molecule has 1 unspecified atom stereocenters. The number of hydrogen-bond acceptors (Lipinski definition) is 3. The monoisotopic (exact) mass is 456 g/mol. The van der Waals surface area contributed by atoms with Gasteiger partial charge in [0.15, 0.2) is 0 Å². The Morgan fingerprint density at radius 2 is 1.76 bits per heavy atom. The lowest BCUT2D eigenvalue weighted by atomic mass is 9.84. The van der Waals surface area contributed by atoms with Crippen molar-refractivity contribution < 1.29 is 14.6 Å². The molecule has 176 valence electrons. The molecule has 2 aromatic carbocycles. The van der Waals surface area contributed by atoms with Gasteiger partial charge in [0.1, 0.15) is 5.65 Å². The molecule has 0 aliphatic heterocycles. The summed E-state index contributed by atoms with van der Waals surface area (Å²) in [6.45, 7) is 10.8. The van der Waals surface area contributed by atoms with Gasteiger partial charge in [0.2, 0.25) is 0 Å². The summed E-state index contributed by atoms with van der Waals surface area (Å²) in [5.41, 5.74) is 7.11. The summed E-state index contributed by atoms with van der Waals surface area (Å²) in [5.74, 6) is -0.808. The van der Waals surface area contributed by atoms with Crippen LogP contribution >= 0.6 is 0 Å². The molecule has 0 saturated carbocycles. The lowest BCUT2D eigenvalue weighted by Crippen LogP contribution is -2.28. The number of ether oxygens (including phenoxy) is 1. The van der Waals surface area contributed by atoms with Crippen LogP contribution in [0.3, 0.4) is 0 Å². The van der Waals surface area contributed by atoms with Crippen LogP contribution < -0.4 is 0 Å². The Kier molecular flexibility index (Phi) is 6.58. The molecule has 2 heterocycles. The van der Waals surface area contributed by atoms with Gasteiger partial charge >= 0.3 is 5.97 Å². The highest BCUT2D eigenvalue weighted by atomic mass is 16.5. The molecule has 0 aliphatic rings. The van der Waals surface area contributed by atoms with E-state index in [2.05, 4.69) is 61.1 Å². The Labute approximate surface area is 200 Å². The van der Waals surface area contributed by atoms with Crippen molar-refractivity contribution in [1.82, 2.24) is 9.97 Å². The number of hydrogen-bond donors (Lipinski definition) is 2. The lowest BCUT2D eigenvalue weighted by molar-refractivity contribution is -0.142. The average Bonchev–Trinajstić information content (AvgIpc) is 3.18. The number of aliphatic carboxylic acids is 1. The molecule has 5 heteroatoms. The van der Waals surface area contributed by atoms with Crippen LogP contribution in [-0.2, 0) is 21.6 Å². The Bertz CT molecular complexity index is 1300. The van der Waals surface area contributed by atoms with Crippen LogP contribution in [0.15, 0.2) is 60.8 Å². The molecule has 1 atom stereocenters. The average molecular weight is 457 g/mol. The summed E-state index contributed by atoms with van der Waals surface area (Å²) in [4.78, 5) is 20.0. The fraction of sp³-hybridized carbons (Fsp3) is 0.310. The Balaban J connectivity index is 1.78. The molecule has 2 N–H and O–H groups in total. The van der Waals surface area contributed by atoms with Gasteiger partial charge < -0.3 is 14.8 Å². The van der Waals surface area contributed by atoms with Crippen molar-refractivity contribution in [2.75, 3.05) is 6.61 Å². The van der Waals surface area contributed by atoms with Gasteiger partial charge in [0, 0.05) is 17.5 Å². The number of fused-ring (bicyclic) bond motifs is 1. The number of carboxylic acid groups (broad SMARTS) is 1. The van der Waals surface area contributed by atoms with E-state index in [0.29, 0.717) is 18.8 Å². The molecule has 0 fully saturated rings. The zero-order valence-corrected chi connectivity index (χ0v) is 20.5. The molecule has 4 rings (SSSR count). The number of nitrogens with zero attached hydrogens (tertiary/aromatic N) is 1. The second kappa shape index (κ2) is 9.43. The van der Waals surface area contributed by atoms with E-state index in [1.165, 1.54) is 11.1 Å². The number of pyridine rings is 1. The first-order valence-electron chi connectivity index (χ1n) is 11.6. The van der Waals surface area contributed by atoms with Gasteiger partial charge in [-0.05, 0) is 68.1 Å². The molecule has 5 nitrogen and oxygen atoms in total. The first-order chi connectivity index (χ1) is 16.2. The maximum Gasteiger partial charge on any atom is 0.313 e. The molecule has 2 aromatic heterocycles. The van der Waals surface area contributed by atoms with Crippen molar-refractivity contribution in [1.29, 1.82) is 0 Å². The lowest BCUT2D eigenvalue weighted by Gasteiger charge is -2.20. The molecule has 0 aliphatic carbocycles. The predicted molar refractivity (Wildman–Crippen MR) is 136 cm³/mol. The summed E-state index contributed by atoms with van der Waals surface area (Å²) in [6, 6.07) is 18.6. The number of carbonyl (C=O) groups is 1. The summed E-state index contributed by atoms with van der Waals surface area (Å²) < 4.78 is 6.10. The van der Waals surface area contributed by atoms with Gasteiger partial charge in [-0.1, -0.05) is 54.4 Å². The second-order valence-electron chi connectivity index (χ2n) is 9.74. The van der Waals surface area contributed by atoms with Gasteiger partial charge in [0.25, 0.3) is 0 Å². The van der Waals surface area contributed by atoms with E-state index in [-0.39, 0.29) is 5.92 Å². The number of carboxylic acids is 1. The number of aromatic amines is 1. The first-order valence-corrected chi connectivity index (χ1v) is 11.6. The van der Waals surface area contributed by atoms with Crippen LogP contribution in [0.25, 0.3) is 22.3 Å². The molecule has 0 spiro atoms. The van der Waals surface area contributed by atoms with Crippen molar-refractivity contribution in [3.63, 3.8) is 0 Å². The van der Waals surface area contributed by atoms with Gasteiger partial charge in [0.05, 0.1) is 24.3 Å². The van der Waals surface area contributed by atoms with Crippen molar-refractivity contribution in [2.45, 2.75) is 52.6 Å². The van der Waals surface area contributed by atoms with Crippen LogP contribution in [0.4, 0.5) is 0 Å². The van der Waals surface area contributed by atoms with E-state index >= 15 is 0 Å². The third-order valence-electron chi connectivity index (χ3n) is 6.43. The number of aryl methyl sites for hydroxylation is 2. The third kappa shape index (κ3) is 4.75. The molecular formula is C29H32N2O3. The van der Waals surface area contributed by atoms with Crippen LogP contribution in [0, 0.1) is 13.8 Å². The Hall–Kier alpha value is -3.44. The molecule has 4 aromatic rings. The van der Waals surface area contributed by atoms with Crippen LogP contribution in [0.2, 0.25) is 0 Å². The van der Waals surface area contributed by atoms with Gasteiger partial charge in [-0.25, -0.2) is 4.98 Å². The number of H-pyrrole nitrogens is 1. The standard InChI is InChI=1S/C29H32N2O3/c1-18-11-19(2)13-22(12-18)26-25(20(3)16-34-17-21-9-7-6-8-10-21)24-14-23(15-30-27(24)31-26)29(4,5)28(32)33/h6-15,20H,16-17H2,1-5H3,(H,30,31)(H,32,33). The van der Waals surface area contributed by atoms with Crippen LogP contribution in [0.1, 0.15) is 54.5 Å². The predicted octanol–water partition coefficient (Wildman–Crippen LogP) is 6.53. The minimum absolute atomic E-state index is 0.0678. The number of benzene rings is 2. The summed E-state index contributed by atoms with van der Waals surface area (Å²) in [5, 5.41) is 10.7. The van der Waals surface area contributed by atoms with Crippen LogP contribution in [0.5, 0.6) is 0 Å². The van der Waals surface area contributed by atoms with Gasteiger partial charge in [-0.3, -0.25) is 4.79 Å². The smallest absolute Gasteiger partial charge is 0.313 e. The van der Waals surface area contributed by atoms with Crippen molar-refractivity contribution in [3.05, 3.63) is 88.6 Å². The summed E-state index contributed by atoms with van der Waals surface area (Å²) >= 11 is 0. The SMILES string of the molecule is Cc1cc(C)cc(-c2[nH]c3ncc(C(C)(C)C(=O)O)cc3c2C(C)COCc2ccccc2)c1. The minimum atomic E-state index is -1.04. The molecule has 0 bridgehead atoms. The van der Waals surface area contributed by atoms with E-state index in [4.69, 9.17) is 4.74 Å². The van der Waals surface area contributed by atoms with E-state index in [0.717, 1.165) is 33.4 Å². The van der Waals surface area contributed by atoms with E-state index in [1.54, 1.807) is 20.0 Å². The molecule has 0 radical (unpaired) electrons. The number of nitrogens with one attached hydrogen (secondary N) is 1. The number of rotatable bonds is 8. The molecule has 0 saturated heterocycles. The van der Waals surface area contributed by atoms with E-state index in [9.17, 15) is 9.90 Å². The largest absolute Gasteiger partial charge is 0.481 e. The fourth-order valence-corrected chi connectivity index (χ4v) is 4.43. The highest BCUT2D eigenvalue weighted by molar-refractivity contribution is 5.91. The molecular weight excluding hydrogens is 424 g/mol. The van der Waals surface area contributed by atoms with E-state index < -0.39 is 11.4 Å². The normalized spacial score (nSPS) is 12.7. The molecule has 0 amide bonds. The van der Waals surface area contributed by atoms with Crippen molar-refractivity contribution in [3.8, 4) is 11.3 Å². The quantitative estimate of drug-likeness (QED) is 0.316. The second-order valence-corrected chi connectivity index (χ2v) is 9.74.